The van der Waals surface area contributed by atoms with E-state index in [0.717, 1.165) is 44.6 Å². The Bertz CT molecular complexity index is 586. The molecule has 1 nitrogen and oxygen atoms in total. The molecule has 2 aliphatic rings. The molecule has 10 heteroatoms. The van der Waals surface area contributed by atoms with E-state index in [2.05, 4.69) is 0 Å². The number of hydrogen-bond acceptors (Lipinski definition) is 1. The molecule has 0 aromatic carbocycles. The average Bonchev–Trinajstić information content (AvgIpc) is 2.99. The number of rotatable bonds is 6. The third kappa shape index (κ3) is 4.52. The largest absolute Gasteiger partial charge is 0.426 e. The van der Waals surface area contributed by atoms with Crippen LogP contribution in [0.25, 0.3) is 0 Å². The first kappa shape index (κ1) is 23.1. The average molecular weight is 424 g/mol. The molecule has 1 unspecified atom stereocenters. The molecule has 0 heterocycles. The summed E-state index contributed by atoms with van der Waals surface area (Å²) < 4.78 is 116. The molecule has 2 saturated carbocycles. The SMILES string of the molecule is OC(C(C/C=C/C1CC2(CCCC2)C1)CC(F)=C(F)F)(C(F)(F)F)C(F)(F)F. The number of aliphatic hydroxyl groups is 1. The summed E-state index contributed by atoms with van der Waals surface area (Å²) in [7, 11) is 0. The van der Waals surface area contributed by atoms with Crippen molar-refractivity contribution in [3.05, 3.63) is 24.1 Å². The normalized spacial score (nSPS) is 21.9. The minimum absolute atomic E-state index is 0.0260. The van der Waals surface area contributed by atoms with Gasteiger partial charge >= 0.3 is 18.4 Å². The molecule has 2 fully saturated rings. The van der Waals surface area contributed by atoms with E-state index < -0.39 is 48.6 Å². The smallest absolute Gasteiger partial charge is 0.373 e. The second kappa shape index (κ2) is 7.91. The molecule has 0 amide bonds. The molecule has 1 N–H and O–H groups in total. The van der Waals surface area contributed by atoms with Gasteiger partial charge < -0.3 is 5.11 Å². The van der Waals surface area contributed by atoms with Gasteiger partial charge in [-0.2, -0.15) is 35.1 Å². The Kier molecular flexibility index (Phi) is 6.53. The summed E-state index contributed by atoms with van der Waals surface area (Å²) in [5, 5.41) is 9.46. The van der Waals surface area contributed by atoms with Gasteiger partial charge in [0, 0.05) is 12.3 Å². The van der Waals surface area contributed by atoms with Gasteiger partial charge in [-0.15, -0.1) is 0 Å². The van der Waals surface area contributed by atoms with Crippen molar-refractivity contribution >= 4 is 0 Å². The van der Waals surface area contributed by atoms with Crippen LogP contribution < -0.4 is 0 Å². The maximum atomic E-state index is 13.2. The monoisotopic (exact) mass is 424 g/mol. The Balaban J connectivity index is 2.17. The lowest BCUT2D eigenvalue weighted by atomic mass is 9.61. The highest BCUT2D eigenvalue weighted by Gasteiger charge is 2.73. The van der Waals surface area contributed by atoms with E-state index in [1.165, 1.54) is 6.08 Å². The van der Waals surface area contributed by atoms with Gasteiger partial charge in [-0.05, 0) is 43.4 Å². The van der Waals surface area contributed by atoms with Crippen LogP contribution in [0.5, 0.6) is 0 Å². The second-order valence-corrected chi connectivity index (χ2v) is 7.87. The van der Waals surface area contributed by atoms with Crippen LogP contribution in [0.3, 0.4) is 0 Å². The van der Waals surface area contributed by atoms with Crippen LogP contribution >= 0.6 is 0 Å². The fourth-order valence-corrected chi connectivity index (χ4v) is 4.48. The number of hydrogen-bond donors (Lipinski definition) is 1. The fourth-order valence-electron chi connectivity index (χ4n) is 4.48. The molecule has 28 heavy (non-hydrogen) atoms. The minimum atomic E-state index is -6.21. The number of halogens is 9. The zero-order valence-corrected chi connectivity index (χ0v) is 14.8. The molecule has 0 bridgehead atoms. The van der Waals surface area contributed by atoms with Crippen molar-refractivity contribution < 1.29 is 44.6 Å². The van der Waals surface area contributed by atoms with E-state index in [1.807, 2.05) is 0 Å². The summed E-state index contributed by atoms with van der Waals surface area (Å²) in [5.41, 5.74) is -5.11. The summed E-state index contributed by atoms with van der Waals surface area (Å²) in [5.74, 6) is -5.30. The van der Waals surface area contributed by atoms with E-state index in [9.17, 15) is 44.6 Å². The summed E-state index contributed by atoms with van der Waals surface area (Å²) in [6.07, 6.45) is -10.1. The predicted octanol–water partition coefficient (Wildman–Crippen LogP) is 6.84. The van der Waals surface area contributed by atoms with Gasteiger partial charge in [0.15, 0.2) is 5.83 Å². The first-order valence-corrected chi connectivity index (χ1v) is 8.94. The standard InChI is InChI=1S/C18H21F9O/c19-13(14(20)21)8-12(16(28,17(22,23)24)18(25,26)27)5-3-4-11-9-15(10-11)6-1-2-7-15/h3-4,11-12,28H,1-2,5-10H2/b4-3+. The Morgan fingerprint density at radius 1 is 0.964 bits per heavy atom. The van der Waals surface area contributed by atoms with Crippen LogP contribution in [0.1, 0.15) is 51.4 Å². The van der Waals surface area contributed by atoms with Crippen LogP contribution in [-0.2, 0) is 0 Å². The van der Waals surface area contributed by atoms with Crippen molar-refractivity contribution in [2.24, 2.45) is 17.3 Å². The van der Waals surface area contributed by atoms with Crippen molar-refractivity contribution in [2.75, 3.05) is 0 Å². The van der Waals surface area contributed by atoms with Gasteiger partial charge in [0.1, 0.15) is 0 Å². The molecular formula is C18H21F9O. The lowest BCUT2D eigenvalue weighted by Crippen LogP contribution is -2.61. The highest BCUT2D eigenvalue weighted by molar-refractivity contribution is 5.09. The van der Waals surface area contributed by atoms with Crippen molar-refractivity contribution in [3.63, 3.8) is 0 Å². The quantitative estimate of drug-likeness (QED) is 0.366. The molecule has 0 aromatic rings. The molecule has 0 saturated heterocycles. The molecule has 2 aliphatic carbocycles. The third-order valence-corrected chi connectivity index (χ3v) is 5.97. The molecule has 1 spiro atoms. The van der Waals surface area contributed by atoms with E-state index in [1.54, 1.807) is 0 Å². The molecule has 2 rings (SSSR count). The van der Waals surface area contributed by atoms with E-state index in [-0.39, 0.29) is 11.3 Å². The summed E-state index contributed by atoms with van der Waals surface area (Å²) in [6, 6.07) is 0. The molecular weight excluding hydrogens is 403 g/mol. The van der Waals surface area contributed by atoms with Crippen LogP contribution in [0, 0.1) is 17.3 Å². The summed E-state index contributed by atoms with van der Waals surface area (Å²) >= 11 is 0. The van der Waals surface area contributed by atoms with Crippen LogP contribution in [-0.4, -0.2) is 23.1 Å². The minimum Gasteiger partial charge on any atom is -0.373 e. The lowest BCUT2D eigenvalue weighted by Gasteiger charge is -2.44. The van der Waals surface area contributed by atoms with Gasteiger partial charge in [0.25, 0.3) is 5.60 Å². The van der Waals surface area contributed by atoms with E-state index >= 15 is 0 Å². The van der Waals surface area contributed by atoms with Crippen LogP contribution in [0.4, 0.5) is 39.5 Å². The highest BCUT2D eigenvalue weighted by Crippen LogP contribution is 2.57. The van der Waals surface area contributed by atoms with Gasteiger partial charge in [0.05, 0.1) is 0 Å². The first-order chi connectivity index (χ1) is 12.7. The molecule has 0 aromatic heterocycles. The Morgan fingerprint density at radius 2 is 1.46 bits per heavy atom. The second-order valence-electron chi connectivity index (χ2n) is 7.87. The lowest BCUT2D eigenvalue weighted by molar-refractivity contribution is -0.384. The van der Waals surface area contributed by atoms with Gasteiger partial charge in [-0.25, -0.2) is 4.39 Å². The Labute approximate surface area is 156 Å². The topological polar surface area (TPSA) is 20.2 Å². The maximum Gasteiger partial charge on any atom is 0.426 e. The summed E-state index contributed by atoms with van der Waals surface area (Å²) in [6.45, 7) is 0. The van der Waals surface area contributed by atoms with Gasteiger partial charge in [-0.3, -0.25) is 0 Å². The van der Waals surface area contributed by atoms with Crippen LogP contribution in [0.15, 0.2) is 24.1 Å². The van der Waals surface area contributed by atoms with Gasteiger partial charge in [-0.1, -0.05) is 25.0 Å². The fraction of sp³-hybridized carbons (Fsp3) is 0.778. The molecule has 0 radical (unpaired) electrons. The van der Waals surface area contributed by atoms with Crippen molar-refractivity contribution in [1.82, 2.24) is 0 Å². The number of alkyl halides is 6. The predicted molar refractivity (Wildman–Crippen MR) is 82.9 cm³/mol. The van der Waals surface area contributed by atoms with E-state index in [4.69, 9.17) is 0 Å². The van der Waals surface area contributed by atoms with Gasteiger partial charge in [0.2, 0.25) is 0 Å². The summed E-state index contributed by atoms with van der Waals surface area (Å²) in [4.78, 5) is 0. The Hall–Kier alpha value is -1.19. The molecule has 1 atom stereocenters. The zero-order valence-electron chi connectivity index (χ0n) is 14.8. The third-order valence-electron chi connectivity index (χ3n) is 5.97. The molecule has 0 aliphatic heterocycles. The molecule has 162 valence electrons. The van der Waals surface area contributed by atoms with Crippen LogP contribution in [0.2, 0.25) is 0 Å². The van der Waals surface area contributed by atoms with Crippen molar-refractivity contribution in [3.8, 4) is 0 Å². The van der Waals surface area contributed by atoms with Crippen molar-refractivity contribution in [1.29, 1.82) is 0 Å². The maximum absolute atomic E-state index is 13.2. The zero-order chi connectivity index (χ0) is 21.4. The van der Waals surface area contributed by atoms with Crippen molar-refractivity contribution in [2.45, 2.75) is 69.3 Å². The number of allylic oxidation sites excluding steroid dienone is 3. The Morgan fingerprint density at radius 3 is 1.89 bits per heavy atom. The highest BCUT2D eigenvalue weighted by atomic mass is 19.4. The van der Waals surface area contributed by atoms with E-state index in [0.29, 0.717) is 0 Å². The first-order valence-electron chi connectivity index (χ1n) is 8.94.